The predicted molar refractivity (Wildman–Crippen MR) is 125 cm³/mol. The molecule has 1 saturated heterocycles. The van der Waals surface area contributed by atoms with Gasteiger partial charge >= 0.3 is 6.18 Å². The van der Waals surface area contributed by atoms with E-state index in [0.29, 0.717) is 19.8 Å². The quantitative estimate of drug-likeness (QED) is 0.202. The second kappa shape index (κ2) is 14.7. The molecule has 0 atom stereocenters. The van der Waals surface area contributed by atoms with Crippen LogP contribution in [0.1, 0.15) is 31.7 Å². The Morgan fingerprint density at radius 2 is 1.87 bits per heavy atom. The van der Waals surface area contributed by atoms with Crippen molar-refractivity contribution in [3.05, 3.63) is 29.8 Å². The molecule has 10 heteroatoms. The highest BCUT2D eigenvalue weighted by atomic mass is 127. The van der Waals surface area contributed by atoms with Gasteiger partial charge < -0.3 is 24.4 Å². The zero-order valence-corrected chi connectivity index (χ0v) is 20.4. The van der Waals surface area contributed by atoms with Gasteiger partial charge in [0.1, 0.15) is 12.4 Å². The number of ether oxygens (including phenoxy) is 3. The molecule has 0 aliphatic carbocycles. The molecular formula is C21H33F3IN3O3. The van der Waals surface area contributed by atoms with Crippen LogP contribution in [0.2, 0.25) is 0 Å². The summed E-state index contributed by atoms with van der Waals surface area (Å²) in [6.07, 6.45) is -1.49. The van der Waals surface area contributed by atoms with Crippen LogP contribution in [-0.2, 0) is 15.7 Å². The summed E-state index contributed by atoms with van der Waals surface area (Å²) in [6.45, 7) is 6.07. The van der Waals surface area contributed by atoms with Crippen molar-refractivity contribution in [1.29, 1.82) is 0 Å². The maximum absolute atomic E-state index is 13.0. The van der Waals surface area contributed by atoms with E-state index in [1.165, 1.54) is 18.2 Å². The molecule has 0 radical (unpaired) electrons. The van der Waals surface area contributed by atoms with Crippen molar-refractivity contribution in [2.75, 3.05) is 53.1 Å². The number of likely N-dealkylation sites (tertiary alicyclic amines) is 1. The summed E-state index contributed by atoms with van der Waals surface area (Å²) in [5, 5.41) is 3.24. The zero-order valence-electron chi connectivity index (χ0n) is 18.1. The van der Waals surface area contributed by atoms with Gasteiger partial charge in [-0.15, -0.1) is 24.0 Å². The minimum absolute atomic E-state index is 0. The number of benzene rings is 1. The lowest BCUT2D eigenvalue weighted by Gasteiger charge is -2.34. The molecule has 1 aromatic carbocycles. The molecule has 1 heterocycles. The third kappa shape index (κ3) is 9.82. The molecule has 1 fully saturated rings. The van der Waals surface area contributed by atoms with Gasteiger partial charge in [-0.2, -0.15) is 13.2 Å². The first-order valence-corrected chi connectivity index (χ1v) is 10.4. The van der Waals surface area contributed by atoms with Gasteiger partial charge in [-0.25, -0.2) is 4.99 Å². The second-order valence-electron chi connectivity index (χ2n) is 6.98. The van der Waals surface area contributed by atoms with E-state index < -0.39 is 11.7 Å². The Morgan fingerprint density at radius 3 is 2.52 bits per heavy atom. The number of nitrogens with zero attached hydrogens (tertiary/aromatic N) is 2. The molecule has 178 valence electrons. The van der Waals surface area contributed by atoms with E-state index in [2.05, 4.69) is 15.2 Å². The Balaban J connectivity index is 0.00000480. The summed E-state index contributed by atoms with van der Waals surface area (Å²) >= 11 is 0. The number of guanidine groups is 1. The highest BCUT2D eigenvalue weighted by molar-refractivity contribution is 14.0. The Bertz CT molecular complexity index is 654. The Hall–Kier alpha value is -1.27. The van der Waals surface area contributed by atoms with Crippen LogP contribution in [0.15, 0.2) is 29.3 Å². The molecule has 0 unspecified atom stereocenters. The summed E-state index contributed by atoms with van der Waals surface area (Å²) < 4.78 is 55.4. The average molecular weight is 559 g/mol. The maximum atomic E-state index is 13.0. The monoisotopic (exact) mass is 559 g/mol. The van der Waals surface area contributed by atoms with Crippen molar-refractivity contribution in [3.8, 4) is 5.75 Å². The first-order valence-electron chi connectivity index (χ1n) is 10.4. The number of hydrogen-bond acceptors (Lipinski definition) is 4. The number of hydrogen-bond donors (Lipinski definition) is 1. The van der Waals surface area contributed by atoms with Gasteiger partial charge in [0.25, 0.3) is 0 Å². The van der Waals surface area contributed by atoms with Crippen LogP contribution < -0.4 is 10.1 Å². The lowest BCUT2D eigenvalue weighted by atomic mass is 10.1. The van der Waals surface area contributed by atoms with Crippen molar-refractivity contribution < 1.29 is 27.4 Å². The lowest BCUT2D eigenvalue weighted by molar-refractivity contribution is -0.138. The van der Waals surface area contributed by atoms with Gasteiger partial charge in [-0.05, 0) is 38.3 Å². The smallest absolute Gasteiger partial charge is 0.419 e. The molecule has 0 amide bonds. The summed E-state index contributed by atoms with van der Waals surface area (Å²) in [5.41, 5.74) is -0.770. The number of aliphatic imine (C=N–C) groups is 1. The number of halogens is 4. The molecule has 31 heavy (non-hydrogen) atoms. The van der Waals surface area contributed by atoms with Crippen LogP contribution in [0.4, 0.5) is 13.2 Å². The van der Waals surface area contributed by atoms with Gasteiger partial charge in [-0.3, -0.25) is 0 Å². The van der Waals surface area contributed by atoms with Gasteiger partial charge in [0.2, 0.25) is 0 Å². The number of rotatable bonds is 10. The molecule has 0 aromatic heterocycles. The minimum Gasteiger partial charge on any atom is -0.491 e. The van der Waals surface area contributed by atoms with E-state index in [4.69, 9.17) is 14.2 Å². The average Bonchev–Trinajstić information content (AvgIpc) is 2.73. The van der Waals surface area contributed by atoms with Crippen molar-refractivity contribution >= 4 is 29.9 Å². The minimum atomic E-state index is -4.44. The molecule has 1 aromatic rings. The van der Waals surface area contributed by atoms with Gasteiger partial charge in [-0.1, -0.05) is 12.1 Å². The fourth-order valence-corrected chi connectivity index (χ4v) is 3.25. The summed E-state index contributed by atoms with van der Waals surface area (Å²) in [7, 11) is 1.68. The van der Waals surface area contributed by atoms with Crippen molar-refractivity contribution in [1.82, 2.24) is 10.2 Å². The van der Waals surface area contributed by atoms with Crippen molar-refractivity contribution in [2.45, 2.75) is 38.5 Å². The number of nitrogens with one attached hydrogen (secondary N) is 1. The highest BCUT2D eigenvalue weighted by Gasteiger charge is 2.34. The fraction of sp³-hybridized carbons (Fsp3) is 0.667. The summed E-state index contributed by atoms with van der Waals surface area (Å²) in [6, 6.07) is 5.22. The number of para-hydroxylation sites is 1. The molecule has 0 spiro atoms. The Labute approximate surface area is 199 Å². The molecule has 2 rings (SSSR count). The first-order chi connectivity index (χ1) is 14.5. The largest absolute Gasteiger partial charge is 0.491 e. The SMILES string of the molecule is CCNC(=NCCOc1ccccc1C(F)(F)F)N1CCC(OCCCOC)CC1.I. The summed E-state index contributed by atoms with van der Waals surface area (Å²) in [4.78, 5) is 6.68. The zero-order chi connectivity index (χ0) is 21.8. The summed E-state index contributed by atoms with van der Waals surface area (Å²) in [5.74, 6) is 0.583. The third-order valence-corrected chi connectivity index (χ3v) is 4.73. The maximum Gasteiger partial charge on any atom is 0.419 e. The Kier molecular flexibility index (Phi) is 13.2. The number of piperidine rings is 1. The van der Waals surface area contributed by atoms with E-state index >= 15 is 0 Å². The van der Waals surface area contributed by atoms with Crippen LogP contribution in [0.3, 0.4) is 0 Å². The second-order valence-corrected chi connectivity index (χ2v) is 6.98. The number of alkyl halides is 3. The predicted octanol–water partition coefficient (Wildman–Crippen LogP) is 4.19. The van der Waals surface area contributed by atoms with Gasteiger partial charge in [0.15, 0.2) is 5.96 Å². The molecule has 0 saturated carbocycles. The molecule has 1 aliphatic heterocycles. The highest BCUT2D eigenvalue weighted by Crippen LogP contribution is 2.35. The fourth-order valence-electron chi connectivity index (χ4n) is 3.25. The molecule has 0 bridgehead atoms. The van der Waals surface area contributed by atoms with E-state index in [1.54, 1.807) is 7.11 Å². The number of methoxy groups -OCH3 is 1. The topological polar surface area (TPSA) is 55.3 Å². The van der Waals surface area contributed by atoms with Crippen LogP contribution in [0, 0.1) is 0 Å². The first kappa shape index (κ1) is 27.8. The molecule has 1 aliphatic rings. The standard InChI is InChI=1S/C21H32F3N3O3.HI/c1-3-25-20(27-12-9-17(10-13-27)29-15-6-14-28-2)26-11-16-30-19-8-5-4-7-18(19)21(22,23)24;/h4-5,7-8,17H,3,6,9-16H2,1-2H3,(H,25,26);1H. The van der Waals surface area contributed by atoms with E-state index in [-0.39, 0.29) is 49.0 Å². The van der Waals surface area contributed by atoms with Crippen LogP contribution in [-0.4, -0.2) is 70.1 Å². The molecule has 1 N–H and O–H groups in total. The van der Waals surface area contributed by atoms with Gasteiger partial charge in [0, 0.05) is 40.0 Å². The van der Waals surface area contributed by atoms with Crippen LogP contribution in [0.25, 0.3) is 0 Å². The van der Waals surface area contributed by atoms with Crippen molar-refractivity contribution in [2.24, 2.45) is 4.99 Å². The van der Waals surface area contributed by atoms with E-state index in [9.17, 15) is 13.2 Å². The van der Waals surface area contributed by atoms with E-state index in [1.807, 2.05) is 6.92 Å². The normalized spacial score (nSPS) is 15.5. The van der Waals surface area contributed by atoms with Gasteiger partial charge in [0.05, 0.1) is 18.2 Å². The van der Waals surface area contributed by atoms with Crippen LogP contribution >= 0.6 is 24.0 Å². The molecule has 6 nitrogen and oxygen atoms in total. The van der Waals surface area contributed by atoms with Crippen LogP contribution in [0.5, 0.6) is 5.75 Å². The third-order valence-electron chi connectivity index (χ3n) is 4.73. The van der Waals surface area contributed by atoms with E-state index in [0.717, 1.165) is 44.4 Å². The molecular weight excluding hydrogens is 526 g/mol. The lowest BCUT2D eigenvalue weighted by Crippen LogP contribution is -2.47. The Morgan fingerprint density at radius 1 is 1.16 bits per heavy atom. The van der Waals surface area contributed by atoms with Crippen molar-refractivity contribution in [3.63, 3.8) is 0 Å².